The molecule has 3 heterocycles. The molecule has 1 N–H and O–H groups in total. The fourth-order valence-corrected chi connectivity index (χ4v) is 2.58. The molecule has 1 aliphatic heterocycles. The largest absolute Gasteiger partial charge is 0.356 e. The van der Waals surface area contributed by atoms with Gasteiger partial charge in [0, 0.05) is 18.9 Å². The number of rotatable bonds is 3. The zero-order valence-electron chi connectivity index (χ0n) is 10.9. The van der Waals surface area contributed by atoms with E-state index >= 15 is 0 Å². The maximum atomic E-state index is 12.5. The molecule has 102 valence electrons. The van der Waals surface area contributed by atoms with Crippen LogP contribution in [0, 0.1) is 11.3 Å². The minimum Gasteiger partial charge on any atom is -0.356 e. The summed E-state index contributed by atoms with van der Waals surface area (Å²) in [5, 5.41) is 16.5. The molecule has 0 saturated carbocycles. The van der Waals surface area contributed by atoms with E-state index in [4.69, 9.17) is 5.26 Å². The first kappa shape index (κ1) is 12.4. The highest BCUT2D eigenvalue weighted by Crippen LogP contribution is 2.21. The van der Waals surface area contributed by atoms with Gasteiger partial charge in [-0.1, -0.05) is 5.21 Å². The molecule has 0 aromatic carbocycles. The van der Waals surface area contributed by atoms with E-state index < -0.39 is 0 Å². The quantitative estimate of drug-likeness (QED) is 0.892. The Balaban J connectivity index is 1.74. The third kappa shape index (κ3) is 2.28. The summed E-state index contributed by atoms with van der Waals surface area (Å²) in [5.74, 6) is -0.0610. The van der Waals surface area contributed by atoms with E-state index in [9.17, 15) is 4.79 Å². The number of carbonyl (C=O) groups excluding carboxylic acids is 1. The second kappa shape index (κ2) is 5.17. The number of amides is 1. The second-order valence-corrected chi connectivity index (χ2v) is 4.83. The predicted molar refractivity (Wildman–Crippen MR) is 69.6 cm³/mol. The fraction of sp³-hybridized carbons (Fsp3) is 0.385. The van der Waals surface area contributed by atoms with Gasteiger partial charge in [-0.25, -0.2) is 0 Å². The van der Waals surface area contributed by atoms with Crippen LogP contribution in [0.4, 0.5) is 0 Å². The molecule has 0 bridgehead atoms. The molecule has 1 saturated heterocycles. The van der Waals surface area contributed by atoms with Crippen molar-refractivity contribution in [1.82, 2.24) is 24.9 Å². The van der Waals surface area contributed by atoms with Crippen molar-refractivity contribution >= 4 is 5.91 Å². The number of nitrogens with zero attached hydrogens (tertiary/aromatic N) is 5. The smallest absolute Gasteiger partial charge is 0.270 e. The number of likely N-dealkylation sites (tertiary alicyclic amines) is 1. The van der Waals surface area contributed by atoms with E-state index in [1.54, 1.807) is 29.3 Å². The van der Waals surface area contributed by atoms with Crippen molar-refractivity contribution in [3.8, 4) is 6.07 Å². The molecule has 0 spiro atoms. The molecule has 3 rings (SSSR count). The monoisotopic (exact) mass is 270 g/mol. The summed E-state index contributed by atoms with van der Waals surface area (Å²) in [6, 6.07) is 3.73. The highest BCUT2D eigenvalue weighted by atomic mass is 16.2. The van der Waals surface area contributed by atoms with Crippen LogP contribution in [0.5, 0.6) is 0 Å². The molecular formula is C13H14N6O. The normalized spacial score (nSPS) is 18.1. The Labute approximate surface area is 115 Å². The lowest BCUT2D eigenvalue weighted by Gasteiger charge is -2.23. The number of H-pyrrole nitrogens is 1. The summed E-state index contributed by atoms with van der Waals surface area (Å²) < 4.78 is 1.74. The van der Waals surface area contributed by atoms with Crippen LogP contribution in [0.25, 0.3) is 0 Å². The molecule has 0 aliphatic carbocycles. The maximum absolute atomic E-state index is 12.5. The Morgan fingerprint density at radius 1 is 1.60 bits per heavy atom. The van der Waals surface area contributed by atoms with Gasteiger partial charge in [-0.15, -0.1) is 5.10 Å². The van der Waals surface area contributed by atoms with Gasteiger partial charge < -0.3 is 9.88 Å². The van der Waals surface area contributed by atoms with Crippen LogP contribution in [0.15, 0.2) is 24.7 Å². The lowest BCUT2D eigenvalue weighted by Crippen LogP contribution is -2.38. The number of nitrogens with one attached hydrogen (secondary N) is 1. The molecule has 2 aromatic rings. The van der Waals surface area contributed by atoms with Crippen molar-refractivity contribution in [2.75, 3.05) is 6.54 Å². The minimum absolute atomic E-state index is 0.0610. The lowest BCUT2D eigenvalue weighted by atomic mass is 10.2. The summed E-state index contributed by atoms with van der Waals surface area (Å²) >= 11 is 0. The highest BCUT2D eigenvalue weighted by Gasteiger charge is 2.30. The molecule has 1 amide bonds. The Morgan fingerprint density at radius 2 is 2.50 bits per heavy atom. The zero-order chi connectivity index (χ0) is 13.9. The number of carbonyl (C=O) groups is 1. The van der Waals surface area contributed by atoms with Gasteiger partial charge in [-0.05, 0) is 18.9 Å². The van der Waals surface area contributed by atoms with E-state index in [1.807, 2.05) is 11.0 Å². The number of nitriles is 1. The average molecular weight is 270 g/mol. The molecule has 0 radical (unpaired) electrons. The number of aromatic amines is 1. The summed E-state index contributed by atoms with van der Waals surface area (Å²) in [4.78, 5) is 17.2. The van der Waals surface area contributed by atoms with Crippen molar-refractivity contribution in [2.24, 2.45) is 0 Å². The number of hydrogen-bond acceptors (Lipinski definition) is 4. The van der Waals surface area contributed by atoms with Gasteiger partial charge in [0.25, 0.3) is 5.91 Å². The van der Waals surface area contributed by atoms with Crippen LogP contribution in [-0.2, 0) is 6.54 Å². The average Bonchev–Trinajstić information content (AvgIpc) is 3.20. The van der Waals surface area contributed by atoms with Gasteiger partial charge in [0.05, 0.1) is 24.3 Å². The van der Waals surface area contributed by atoms with E-state index in [-0.39, 0.29) is 11.9 Å². The van der Waals surface area contributed by atoms with E-state index in [1.165, 1.54) is 0 Å². The standard InChI is InChI=1S/C13H14N6O/c14-7-10-6-12(15-8-10)13(20)19-4-1-2-11(19)9-18-5-3-16-17-18/h3,5-6,8,11,15H,1-2,4,9H2/t11-/m0/s1. The third-order valence-corrected chi connectivity index (χ3v) is 3.55. The molecule has 1 aliphatic rings. The van der Waals surface area contributed by atoms with Crippen molar-refractivity contribution in [3.05, 3.63) is 35.9 Å². The van der Waals surface area contributed by atoms with Crippen molar-refractivity contribution < 1.29 is 4.79 Å². The first-order valence-corrected chi connectivity index (χ1v) is 6.51. The Bertz CT molecular complexity index is 638. The van der Waals surface area contributed by atoms with Crippen molar-refractivity contribution in [3.63, 3.8) is 0 Å². The minimum atomic E-state index is -0.0610. The Kier molecular flexibility index (Phi) is 3.21. The van der Waals surface area contributed by atoms with E-state index in [0.717, 1.165) is 19.4 Å². The predicted octanol–water partition coefficient (Wildman–Crippen LogP) is 0.783. The lowest BCUT2D eigenvalue weighted by molar-refractivity contribution is 0.0716. The van der Waals surface area contributed by atoms with Gasteiger partial charge in [0.1, 0.15) is 11.8 Å². The number of aromatic nitrogens is 4. The number of hydrogen-bond donors (Lipinski definition) is 1. The van der Waals surface area contributed by atoms with Crippen LogP contribution in [-0.4, -0.2) is 43.4 Å². The molecule has 1 fully saturated rings. The van der Waals surface area contributed by atoms with Gasteiger partial charge in [-0.3, -0.25) is 9.48 Å². The van der Waals surface area contributed by atoms with Gasteiger partial charge in [0.15, 0.2) is 0 Å². The highest BCUT2D eigenvalue weighted by molar-refractivity contribution is 5.93. The zero-order valence-corrected chi connectivity index (χ0v) is 10.9. The maximum Gasteiger partial charge on any atom is 0.270 e. The van der Waals surface area contributed by atoms with Crippen LogP contribution in [0.2, 0.25) is 0 Å². The summed E-state index contributed by atoms with van der Waals surface area (Å²) in [6.45, 7) is 1.39. The molecule has 7 heteroatoms. The molecule has 1 atom stereocenters. The van der Waals surface area contributed by atoms with Crippen LogP contribution >= 0.6 is 0 Å². The molecule has 0 unspecified atom stereocenters. The molecule has 2 aromatic heterocycles. The van der Waals surface area contributed by atoms with Crippen LogP contribution < -0.4 is 0 Å². The Morgan fingerprint density at radius 3 is 3.20 bits per heavy atom. The van der Waals surface area contributed by atoms with Crippen molar-refractivity contribution in [2.45, 2.75) is 25.4 Å². The summed E-state index contributed by atoms with van der Waals surface area (Å²) in [7, 11) is 0. The topological polar surface area (TPSA) is 90.6 Å². The van der Waals surface area contributed by atoms with Crippen molar-refractivity contribution in [1.29, 1.82) is 5.26 Å². The SMILES string of the molecule is N#Cc1c[nH]c(C(=O)N2CCC[C@H]2Cn2ccnn2)c1. The van der Waals surface area contributed by atoms with Gasteiger partial charge in [0.2, 0.25) is 0 Å². The summed E-state index contributed by atoms with van der Waals surface area (Å²) in [6.07, 6.45) is 6.92. The molecule has 7 nitrogen and oxygen atoms in total. The van der Waals surface area contributed by atoms with E-state index in [0.29, 0.717) is 17.8 Å². The first-order valence-electron chi connectivity index (χ1n) is 6.51. The van der Waals surface area contributed by atoms with Crippen LogP contribution in [0.3, 0.4) is 0 Å². The third-order valence-electron chi connectivity index (χ3n) is 3.55. The van der Waals surface area contributed by atoms with Gasteiger partial charge >= 0.3 is 0 Å². The van der Waals surface area contributed by atoms with Gasteiger partial charge in [-0.2, -0.15) is 5.26 Å². The fourth-order valence-electron chi connectivity index (χ4n) is 2.58. The Hall–Kier alpha value is -2.62. The first-order chi connectivity index (χ1) is 9.78. The molecule has 20 heavy (non-hydrogen) atoms. The van der Waals surface area contributed by atoms with Crippen LogP contribution in [0.1, 0.15) is 28.9 Å². The second-order valence-electron chi connectivity index (χ2n) is 4.83. The summed E-state index contributed by atoms with van der Waals surface area (Å²) in [5.41, 5.74) is 0.937. The molecular weight excluding hydrogens is 256 g/mol. The van der Waals surface area contributed by atoms with E-state index in [2.05, 4.69) is 15.3 Å².